The van der Waals surface area contributed by atoms with Gasteiger partial charge in [-0.2, -0.15) is 0 Å². The third kappa shape index (κ3) is 3.72. The normalized spacial score (nSPS) is 18.2. The van der Waals surface area contributed by atoms with E-state index < -0.39 is 0 Å². The maximum Gasteiger partial charge on any atom is 0.0574 e. The number of anilines is 1. The topological polar surface area (TPSA) is 28.2 Å². The van der Waals surface area contributed by atoms with Crippen molar-refractivity contribution < 1.29 is 0 Å². The molecule has 3 nitrogen and oxygen atoms in total. The van der Waals surface area contributed by atoms with Crippen molar-refractivity contribution in [2.24, 2.45) is 5.92 Å². The summed E-state index contributed by atoms with van der Waals surface area (Å²) in [5.74, 6) is 0.928. The molecule has 3 heteroatoms. The third-order valence-corrected chi connectivity index (χ3v) is 4.54. The Labute approximate surface area is 123 Å². The Balaban J connectivity index is 1.97. The highest BCUT2D eigenvalue weighted by Gasteiger charge is 2.18. The van der Waals surface area contributed by atoms with E-state index in [-0.39, 0.29) is 0 Å². The molecule has 1 N–H and O–H groups in total. The van der Waals surface area contributed by atoms with Gasteiger partial charge in [-0.05, 0) is 43.9 Å². The van der Waals surface area contributed by atoms with Crippen LogP contribution in [0.15, 0.2) is 18.3 Å². The van der Waals surface area contributed by atoms with Crippen LogP contribution >= 0.6 is 0 Å². The first kappa shape index (κ1) is 15.3. The molecule has 0 radical (unpaired) electrons. The van der Waals surface area contributed by atoms with Gasteiger partial charge in [0, 0.05) is 19.1 Å². The molecule has 1 aromatic rings. The predicted molar refractivity (Wildman–Crippen MR) is 86.2 cm³/mol. The number of hydrogen-bond acceptors (Lipinski definition) is 3. The lowest BCUT2D eigenvalue weighted by molar-refractivity contribution is 0.395. The fraction of sp³-hybridized carbons (Fsp3) is 0.706. The molecule has 1 unspecified atom stereocenters. The van der Waals surface area contributed by atoms with Crippen LogP contribution in [0.4, 0.5) is 5.69 Å². The van der Waals surface area contributed by atoms with Crippen molar-refractivity contribution >= 4 is 5.69 Å². The van der Waals surface area contributed by atoms with Gasteiger partial charge in [0.25, 0.3) is 0 Å². The molecule has 0 aliphatic carbocycles. The Bertz CT molecular complexity index is 380. The number of aromatic nitrogens is 1. The third-order valence-electron chi connectivity index (χ3n) is 4.54. The first-order valence-electron chi connectivity index (χ1n) is 8.22. The molecule has 0 saturated carbocycles. The summed E-state index contributed by atoms with van der Waals surface area (Å²) in [6.45, 7) is 10.0. The van der Waals surface area contributed by atoms with Gasteiger partial charge < -0.3 is 10.2 Å². The standard InChI is InChI=1S/C17H29N3/c1-4-14-9-11-20(12-10-14)15-7-8-17(19-13-15)16(5-2)18-6-3/h7-8,13-14,16,18H,4-6,9-12H2,1-3H3. The first-order valence-corrected chi connectivity index (χ1v) is 8.22. The number of nitrogens with one attached hydrogen (secondary N) is 1. The van der Waals surface area contributed by atoms with Gasteiger partial charge >= 0.3 is 0 Å². The fourth-order valence-corrected chi connectivity index (χ4v) is 3.09. The van der Waals surface area contributed by atoms with Crippen molar-refractivity contribution in [3.8, 4) is 0 Å². The van der Waals surface area contributed by atoms with E-state index in [2.05, 4.69) is 54.3 Å². The van der Waals surface area contributed by atoms with Crippen molar-refractivity contribution in [2.45, 2.75) is 52.5 Å². The van der Waals surface area contributed by atoms with Gasteiger partial charge in [0.05, 0.1) is 17.6 Å². The molecule has 0 aromatic carbocycles. The second-order valence-corrected chi connectivity index (χ2v) is 5.80. The Hall–Kier alpha value is -1.09. The molecule has 1 fully saturated rings. The Morgan fingerprint density at radius 1 is 1.25 bits per heavy atom. The van der Waals surface area contributed by atoms with E-state index in [1.165, 1.54) is 43.7 Å². The zero-order chi connectivity index (χ0) is 14.4. The predicted octanol–water partition coefficient (Wildman–Crippen LogP) is 3.77. The largest absolute Gasteiger partial charge is 0.370 e. The minimum Gasteiger partial charge on any atom is -0.370 e. The average molecular weight is 275 g/mol. The second kappa shape index (κ2) is 7.63. The van der Waals surface area contributed by atoms with Crippen LogP contribution in [-0.4, -0.2) is 24.6 Å². The number of rotatable bonds is 6. The molecule has 0 spiro atoms. The van der Waals surface area contributed by atoms with E-state index in [9.17, 15) is 0 Å². The number of piperidine rings is 1. The Morgan fingerprint density at radius 3 is 2.50 bits per heavy atom. The molecule has 20 heavy (non-hydrogen) atoms. The molecule has 2 heterocycles. The summed E-state index contributed by atoms with van der Waals surface area (Å²) >= 11 is 0. The fourth-order valence-electron chi connectivity index (χ4n) is 3.09. The van der Waals surface area contributed by atoms with Crippen molar-refractivity contribution in [3.05, 3.63) is 24.0 Å². The van der Waals surface area contributed by atoms with Gasteiger partial charge in [0.2, 0.25) is 0 Å². The lowest BCUT2D eigenvalue weighted by Gasteiger charge is -2.33. The molecular formula is C17H29N3. The van der Waals surface area contributed by atoms with Gasteiger partial charge in [-0.3, -0.25) is 4.98 Å². The molecule has 1 atom stereocenters. The Kier molecular flexibility index (Phi) is 5.84. The van der Waals surface area contributed by atoms with Crippen LogP contribution in [-0.2, 0) is 0 Å². The lowest BCUT2D eigenvalue weighted by Crippen LogP contribution is -2.33. The molecule has 2 rings (SSSR count). The summed E-state index contributed by atoms with van der Waals surface area (Å²) in [4.78, 5) is 7.16. The summed E-state index contributed by atoms with van der Waals surface area (Å²) in [7, 11) is 0. The quantitative estimate of drug-likeness (QED) is 0.856. The monoisotopic (exact) mass is 275 g/mol. The number of pyridine rings is 1. The minimum absolute atomic E-state index is 0.389. The lowest BCUT2D eigenvalue weighted by atomic mass is 9.94. The van der Waals surface area contributed by atoms with Gasteiger partial charge in [-0.1, -0.05) is 27.2 Å². The van der Waals surface area contributed by atoms with Gasteiger partial charge in [-0.25, -0.2) is 0 Å². The highest BCUT2D eigenvalue weighted by atomic mass is 15.1. The van der Waals surface area contributed by atoms with Crippen LogP contribution in [0.3, 0.4) is 0 Å². The summed E-state index contributed by atoms with van der Waals surface area (Å²) < 4.78 is 0. The van der Waals surface area contributed by atoms with Crippen molar-refractivity contribution in [1.82, 2.24) is 10.3 Å². The van der Waals surface area contributed by atoms with Crippen molar-refractivity contribution in [2.75, 3.05) is 24.5 Å². The van der Waals surface area contributed by atoms with Crippen LogP contribution in [0.25, 0.3) is 0 Å². The van der Waals surface area contributed by atoms with Crippen molar-refractivity contribution in [3.63, 3.8) is 0 Å². The zero-order valence-electron chi connectivity index (χ0n) is 13.2. The highest BCUT2D eigenvalue weighted by Crippen LogP contribution is 2.25. The molecule has 0 amide bonds. The molecule has 0 bridgehead atoms. The smallest absolute Gasteiger partial charge is 0.0574 e. The average Bonchev–Trinajstić information content (AvgIpc) is 2.53. The highest BCUT2D eigenvalue weighted by molar-refractivity contribution is 5.45. The van der Waals surface area contributed by atoms with E-state index >= 15 is 0 Å². The van der Waals surface area contributed by atoms with Crippen molar-refractivity contribution in [1.29, 1.82) is 0 Å². The van der Waals surface area contributed by atoms with Crippen LogP contribution < -0.4 is 10.2 Å². The molecule has 1 saturated heterocycles. The van der Waals surface area contributed by atoms with E-state index in [4.69, 9.17) is 0 Å². The maximum atomic E-state index is 4.68. The molecule has 1 aliphatic heterocycles. The van der Waals surface area contributed by atoms with Gasteiger partial charge in [0.15, 0.2) is 0 Å². The van der Waals surface area contributed by atoms with Crippen LogP contribution in [0.1, 0.15) is 58.2 Å². The second-order valence-electron chi connectivity index (χ2n) is 5.80. The molecule has 1 aromatic heterocycles. The molecule has 112 valence electrons. The van der Waals surface area contributed by atoms with E-state index in [0.29, 0.717) is 6.04 Å². The van der Waals surface area contributed by atoms with Crippen LogP contribution in [0, 0.1) is 5.92 Å². The van der Waals surface area contributed by atoms with E-state index in [1.54, 1.807) is 0 Å². The van der Waals surface area contributed by atoms with Gasteiger partial charge in [0.1, 0.15) is 0 Å². The first-order chi connectivity index (χ1) is 9.78. The molecular weight excluding hydrogens is 246 g/mol. The maximum absolute atomic E-state index is 4.68. The summed E-state index contributed by atoms with van der Waals surface area (Å²) in [5.41, 5.74) is 2.45. The Morgan fingerprint density at radius 2 is 2.00 bits per heavy atom. The minimum atomic E-state index is 0.389. The zero-order valence-corrected chi connectivity index (χ0v) is 13.2. The van der Waals surface area contributed by atoms with E-state index in [1.807, 2.05) is 0 Å². The summed E-state index contributed by atoms with van der Waals surface area (Å²) in [6, 6.07) is 4.83. The van der Waals surface area contributed by atoms with Gasteiger partial charge in [-0.15, -0.1) is 0 Å². The summed E-state index contributed by atoms with van der Waals surface area (Å²) in [6.07, 6.45) is 7.12. The molecule has 1 aliphatic rings. The van der Waals surface area contributed by atoms with Crippen LogP contribution in [0.2, 0.25) is 0 Å². The number of nitrogens with zero attached hydrogens (tertiary/aromatic N) is 2. The summed E-state index contributed by atoms with van der Waals surface area (Å²) in [5, 5.41) is 3.48. The van der Waals surface area contributed by atoms with E-state index in [0.717, 1.165) is 18.9 Å². The number of hydrogen-bond donors (Lipinski definition) is 1. The van der Waals surface area contributed by atoms with Crippen LogP contribution in [0.5, 0.6) is 0 Å². The SMILES string of the molecule is CCNC(CC)c1ccc(N2CCC(CC)CC2)cn1.